The minimum Gasteiger partial charge on any atom is -0.351 e. The molecule has 0 aliphatic carbocycles. The molecule has 0 aromatic heterocycles. The summed E-state index contributed by atoms with van der Waals surface area (Å²) in [7, 11) is -3.89. The molecule has 7 heteroatoms. The van der Waals surface area contributed by atoms with E-state index >= 15 is 0 Å². The molecule has 0 aliphatic rings. The first-order valence-corrected chi connectivity index (χ1v) is 11.3. The van der Waals surface area contributed by atoms with Gasteiger partial charge in [0.05, 0.1) is 11.4 Å². The van der Waals surface area contributed by atoms with E-state index in [0.29, 0.717) is 0 Å². The van der Waals surface area contributed by atoms with E-state index < -0.39 is 15.9 Å². The van der Waals surface area contributed by atoms with Gasteiger partial charge in [-0.15, -0.1) is 0 Å². The van der Waals surface area contributed by atoms with Crippen molar-refractivity contribution in [1.82, 2.24) is 9.62 Å². The molecule has 0 unspecified atom stereocenters. The normalized spacial score (nSPS) is 11.5. The predicted octanol–water partition coefficient (Wildman–Crippen LogP) is 3.95. The van der Waals surface area contributed by atoms with Gasteiger partial charge in [-0.1, -0.05) is 59.7 Å². The molecule has 0 saturated heterocycles. The average Bonchev–Trinajstić information content (AvgIpc) is 2.73. The number of halogens is 1. The van der Waals surface area contributed by atoms with Crippen LogP contribution in [-0.4, -0.2) is 25.2 Å². The summed E-state index contributed by atoms with van der Waals surface area (Å²) in [4.78, 5) is 12.7. The van der Waals surface area contributed by atoms with E-state index in [2.05, 4.69) is 5.32 Å². The van der Waals surface area contributed by atoms with E-state index in [9.17, 15) is 17.6 Å². The molecular formula is C24H25FN2O3S. The molecule has 31 heavy (non-hydrogen) atoms. The smallest absolute Gasteiger partial charge is 0.243 e. The number of aryl methyl sites for hydroxylation is 2. The van der Waals surface area contributed by atoms with Crippen molar-refractivity contribution < 1.29 is 17.6 Å². The summed E-state index contributed by atoms with van der Waals surface area (Å²) in [6, 6.07) is 19.8. The Morgan fingerprint density at radius 2 is 1.58 bits per heavy atom. The highest BCUT2D eigenvalue weighted by atomic mass is 32.2. The lowest BCUT2D eigenvalue weighted by atomic mass is 10.1. The molecule has 0 bridgehead atoms. The third kappa shape index (κ3) is 6.23. The molecule has 0 fully saturated rings. The van der Waals surface area contributed by atoms with Gasteiger partial charge in [0.25, 0.3) is 0 Å². The predicted molar refractivity (Wildman–Crippen MR) is 118 cm³/mol. The van der Waals surface area contributed by atoms with Crippen LogP contribution < -0.4 is 5.32 Å². The molecule has 0 heterocycles. The summed E-state index contributed by atoms with van der Waals surface area (Å²) < 4.78 is 40.8. The Bertz CT molecular complexity index is 1140. The summed E-state index contributed by atoms with van der Waals surface area (Å²) in [5.41, 5.74) is 3.47. The Balaban J connectivity index is 1.80. The zero-order valence-corrected chi connectivity index (χ0v) is 18.3. The Hall–Kier alpha value is -3.03. The van der Waals surface area contributed by atoms with Crippen molar-refractivity contribution in [2.75, 3.05) is 6.54 Å². The molecular weight excluding hydrogens is 415 g/mol. The average molecular weight is 441 g/mol. The monoisotopic (exact) mass is 440 g/mol. The van der Waals surface area contributed by atoms with Crippen LogP contribution in [0.2, 0.25) is 0 Å². The van der Waals surface area contributed by atoms with Crippen molar-refractivity contribution in [1.29, 1.82) is 0 Å². The minimum atomic E-state index is -3.89. The SMILES string of the molecule is Cc1ccc(S(=O)(=O)N(CC(=O)NCc2ccc(F)cc2)Cc2cccc(C)c2)cc1. The van der Waals surface area contributed by atoms with E-state index in [1.54, 1.807) is 36.4 Å². The van der Waals surface area contributed by atoms with E-state index in [1.807, 2.05) is 38.1 Å². The van der Waals surface area contributed by atoms with Crippen LogP contribution in [0.5, 0.6) is 0 Å². The Labute approximate surface area is 182 Å². The Morgan fingerprint density at radius 1 is 0.903 bits per heavy atom. The number of nitrogens with zero attached hydrogens (tertiary/aromatic N) is 1. The lowest BCUT2D eigenvalue weighted by Gasteiger charge is -2.22. The molecule has 3 rings (SSSR count). The first kappa shape index (κ1) is 22.7. The summed E-state index contributed by atoms with van der Waals surface area (Å²) in [5.74, 6) is -0.795. The first-order chi connectivity index (χ1) is 14.7. The number of nitrogens with one attached hydrogen (secondary N) is 1. The molecule has 0 radical (unpaired) electrons. The van der Waals surface area contributed by atoms with Gasteiger partial charge in [-0.05, 0) is 49.2 Å². The quantitative estimate of drug-likeness (QED) is 0.577. The zero-order chi connectivity index (χ0) is 22.4. The number of amides is 1. The lowest BCUT2D eigenvalue weighted by Crippen LogP contribution is -2.40. The van der Waals surface area contributed by atoms with Crippen LogP contribution in [0, 0.1) is 19.7 Å². The maximum Gasteiger partial charge on any atom is 0.243 e. The van der Waals surface area contributed by atoms with E-state index in [4.69, 9.17) is 0 Å². The number of carbonyl (C=O) groups excluding carboxylic acids is 1. The molecule has 0 aliphatic heterocycles. The summed E-state index contributed by atoms with van der Waals surface area (Å²) >= 11 is 0. The summed E-state index contributed by atoms with van der Waals surface area (Å²) in [6.07, 6.45) is 0. The second kappa shape index (κ2) is 9.85. The molecule has 1 amide bonds. The van der Waals surface area contributed by atoms with Gasteiger partial charge in [-0.3, -0.25) is 4.79 Å². The first-order valence-electron chi connectivity index (χ1n) is 9.87. The highest BCUT2D eigenvalue weighted by Gasteiger charge is 2.27. The van der Waals surface area contributed by atoms with Gasteiger partial charge in [-0.2, -0.15) is 4.31 Å². The van der Waals surface area contributed by atoms with Gasteiger partial charge in [0, 0.05) is 13.1 Å². The van der Waals surface area contributed by atoms with E-state index in [1.165, 1.54) is 16.4 Å². The summed E-state index contributed by atoms with van der Waals surface area (Å²) in [6.45, 7) is 3.73. The van der Waals surface area contributed by atoms with Crippen molar-refractivity contribution in [3.05, 3.63) is 101 Å². The van der Waals surface area contributed by atoms with Crippen LogP contribution in [0.25, 0.3) is 0 Å². The number of benzene rings is 3. The van der Waals surface area contributed by atoms with Gasteiger partial charge in [0.1, 0.15) is 5.82 Å². The Morgan fingerprint density at radius 3 is 2.23 bits per heavy atom. The summed E-state index contributed by atoms with van der Waals surface area (Å²) in [5, 5.41) is 2.71. The van der Waals surface area contributed by atoms with Gasteiger partial charge < -0.3 is 5.32 Å². The highest BCUT2D eigenvalue weighted by Crippen LogP contribution is 2.19. The van der Waals surface area contributed by atoms with Crippen molar-refractivity contribution >= 4 is 15.9 Å². The number of hydrogen-bond acceptors (Lipinski definition) is 3. The number of rotatable bonds is 8. The number of carbonyl (C=O) groups is 1. The van der Waals surface area contributed by atoms with Crippen LogP contribution in [0.3, 0.4) is 0 Å². The minimum absolute atomic E-state index is 0.0713. The van der Waals surface area contributed by atoms with Crippen molar-refractivity contribution in [3.63, 3.8) is 0 Å². The molecule has 3 aromatic carbocycles. The Kier molecular flexibility index (Phi) is 7.20. The molecule has 0 saturated carbocycles. The zero-order valence-electron chi connectivity index (χ0n) is 17.5. The number of hydrogen-bond donors (Lipinski definition) is 1. The van der Waals surface area contributed by atoms with E-state index in [-0.39, 0.29) is 30.3 Å². The fraction of sp³-hybridized carbons (Fsp3) is 0.208. The van der Waals surface area contributed by atoms with Gasteiger partial charge in [0.15, 0.2) is 0 Å². The van der Waals surface area contributed by atoms with Crippen LogP contribution in [0.4, 0.5) is 4.39 Å². The van der Waals surface area contributed by atoms with Crippen LogP contribution in [0.1, 0.15) is 22.3 Å². The second-order valence-electron chi connectivity index (χ2n) is 7.48. The van der Waals surface area contributed by atoms with Crippen LogP contribution in [-0.2, 0) is 27.9 Å². The molecule has 0 atom stereocenters. The van der Waals surface area contributed by atoms with Gasteiger partial charge in [-0.25, -0.2) is 12.8 Å². The third-order valence-corrected chi connectivity index (χ3v) is 6.63. The third-order valence-electron chi connectivity index (χ3n) is 4.82. The van der Waals surface area contributed by atoms with Crippen molar-refractivity contribution in [2.24, 2.45) is 0 Å². The largest absolute Gasteiger partial charge is 0.351 e. The maximum absolute atomic E-state index is 13.3. The maximum atomic E-state index is 13.3. The molecule has 3 aromatic rings. The van der Waals surface area contributed by atoms with Gasteiger partial charge >= 0.3 is 0 Å². The van der Waals surface area contributed by atoms with Crippen LogP contribution in [0.15, 0.2) is 77.7 Å². The lowest BCUT2D eigenvalue weighted by molar-refractivity contribution is -0.121. The highest BCUT2D eigenvalue weighted by molar-refractivity contribution is 7.89. The molecule has 1 N–H and O–H groups in total. The standard InChI is InChI=1S/C24H25FN2O3S/c1-18-6-12-23(13-7-18)31(29,30)27(16-21-5-3-4-19(2)14-21)17-24(28)26-15-20-8-10-22(25)11-9-20/h3-14H,15-17H2,1-2H3,(H,26,28). The van der Waals surface area contributed by atoms with Crippen molar-refractivity contribution in [2.45, 2.75) is 31.8 Å². The topological polar surface area (TPSA) is 66.5 Å². The van der Waals surface area contributed by atoms with Crippen molar-refractivity contribution in [3.8, 4) is 0 Å². The van der Waals surface area contributed by atoms with Gasteiger partial charge in [0.2, 0.25) is 15.9 Å². The molecule has 162 valence electrons. The molecule has 5 nitrogen and oxygen atoms in total. The fourth-order valence-corrected chi connectivity index (χ4v) is 4.50. The van der Waals surface area contributed by atoms with E-state index in [0.717, 1.165) is 22.3 Å². The molecule has 0 spiro atoms. The van der Waals surface area contributed by atoms with Crippen LogP contribution >= 0.6 is 0 Å². The fourth-order valence-electron chi connectivity index (χ4n) is 3.12. The number of sulfonamides is 1. The second-order valence-corrected chi connectivity index (χ2v) is 9.42.